The summed E-state index contributed by atoms with van der Waals surface area (Å²) in [4.78, 5) is 16.9. The third kappa shape index (κ3) is 2.60. The Morgan fingerprint density at radius 1 is 1.11 bits per heavy atom. The topological polar surface area (TPSA) is 68.0 Å². The first kappa shape index (κ1) is 15.5. The van der Waals surface area contributed by atoms with E-state index in [9.17, 15) is 0 Å². The van der Waals surface area contributed by atoms with Crippen LogP contribution < -0.4 is 5.32 Å². The number of fused-ring (bicyclic) bond motifs is 4. The number of aryl methyl sites for hydroxylation is 2. The van der Waals surface area contributed by atoms with Crippen molar-refractivity contribution in [3.8, 4) is 0 Å². The highest BCUT2D eigenvalue weighted by Crippen LogP contribution is 2.43. The van der Waals surface area contributed by atoms with Crippen LogP contribution in [0.2, 0.25) is 0 Å². The van der Waals surface area contributed by atoms with Crippen LogP contribution in [0.1, 0.15) is 53.6 Å². The van der Waals surface area contributed by atoms with Crippen LogP contribution in [0.3, 0.4) is 0 Å². The Morgan fingerprint density at radius 3 is 2.96 bits per heavy atom. The Morgan fingerprint density at radius 2 is 2.04 bits per heavy atom. The molecule has 0 saturated heterocycles. The van der Waals surface area contributed by atoms with Crippen molar-refractivity contribution in [1.29, 1.82) is 0 Å². The lowest BCUT2D eigenvalue weighted by molar-refractivity contribution is 0.700. The fourth-order valence-corrected chi connectivity index (χ4v) is 5.29. The molecule has 0 amide bonds. The Hall–Kier alpha value is -2.54. The number of nitrogens with zero attached hydrogens (tertiary/aromatic N) is 5. The molecule has 0 atom stereocenters. The SMILES string of the molecule is c1cc(CNc2nc(C3CC3)nc3sc4c(c23)CCCC4)n2nccc2n1. The molecule has 6 nitrogen and oxygen atoms in total. The number of rotatable bonds is 4. The van der Waals surface area contributed by atoms with Crippen molar-refractivity contribution < 1.29 is 0 Å². The molecule has 136 valence electrons. The van der Waals surface area contributed by atoms with Gasteiger partial charge in [-0.3, -0.25) is 0 Å². The van der Waals surface area contributed by atoms with Gasteiger partial charge in [-0.2, -0.15) is 5.10 Å². The fourth-order valence-electron chi connectivity index (χ4n) is 4.02. The van der Waals surface area contributed by atoms with E-state index in [1.54, 1.807) is 6.20 Å². The minimum atomic E-state index is 0.549. The van der Waals surface area contributed by atoms with Gasteiger partial charge in [0.1, 0.15) is 16.5 Å². The van der Waals surface area contributed by atoms with Crippen LogP contribution in [0.4, 0.5) is 5.82 Å². The molecule has 1 saturated carbocycles. The predicted octanol–water partition coefficient (Wildman–Crippen LogP) is 4.10. The van der Waals surface area contributed by atoms with E-state index < -0.39 is 0 Å². The molecule has 7 heteroatoms. The first-order chi connectivity index (χ1) is 13.4. The second kappa shape index (κ2) is 5.99. The normalized spacial score (nSPS) is 16.7. The summed E-state index contributed by atoms with van der Waals surface area (Å²) in [6.07, 6.45) is 11.0. The minimum absolute atomic E-state index is 0.549. The van der Waals surface area contributed by atoms with Crippen LogP contribution in [-0.2, 0) is 19.4 Å². The lowest BCUT2D eigenvalue weighted by Crippen LogP contribution is -2.09. The lowest BCUT2D eigenvalue weighted by Gasteiger charge is -2.13. The van der Waals surface area contributed by atoms with E-state index in [2.05, 4.69) is 15.4 Å². The molecular formula is C20H20N6S. The smallest absolute Gasteiger partial charge is 0.155 e. The molecule has 6 rings (SSSR count). The molecule has 1 fully saturated rings. The quantitative estimate of drug-likeness (QED) is 0.581. The highest BCUT2D eigenvalue weighted by molar-refractivity contribution is 7.19. The summed E-state index contributed by atoms with van der Waals surface area (Å²) < 4.78 is 1.89. The molecule has 0 unspecified atom stereocenters. The van der Waals surface area contributed by atoms with Crippen LogP contribution in [0.15, 0.2) is 24.5 Å². The molecule has 0 aromatic carbocycles. The first-order valence-electron chi connectivity index (χ1n) is 9.70. The molecule has 0 radical (unpaired) electrons. The first-order valence-corrected chi connectivity index (χ1v) is 10.5. The van der Waals surface area contributed by atoms with Crippen molar-refractivity contribution in [2.45, 2.75) is 51.0 Å². The Balaban J connectivity index is 1.43. The lowest BCUT2D eigenvalue weighted by atomic mass is 9.97. The van der Waals surface area contributed by atoms with E-state index in [0.717, 1.165) is 29.4 Å². The maximum atomic E-state index is 4.97. The summed E-state index contributed by atoms with van der Waals surface area (Å²) >= 11 is 1.88. The fraction of sp³-hybridized carbons (Fsp3) is 0.400. The van der Waals surface area contributed by atoms with Gasteiger partial charge < -0.3 is 5.32 Å². The van der Waals surface area contributed by atoms with Gasteiger partial charge in [0.05, 0.1) is 23.8 Å². The van der Waals surface area contributed by atoms with Crippen molar-refractivity contribution in [2.24, 2.45) is 0 Å². The van der Waals surface area contributed by atoms with Gasteiger partial charge in [0.2, 0.25) is 0 Å². The third-order valence-corrected chi connectivity index (χ3v) is 6.77. The maximum Gasteiger partial charge on any atom is 0.155 e. The largest absolute Gasteiger partial charge is 0.364 e. The minimum Gasteiger partial charge on any atom is -0.364 e. The van der Waals surface area contributed by atoms with Gasteiger partial charge in [-0.1, -0.05) is 0 Å². The molecule has 2 aliphatic rings. The molecule has 2 aliphatic carbocycles. The maximum absolute atomic E-state index is 4.97. The van der Waals surface area contributed by atoms with Gasteiger partial charge in [0.25, 0.3) is 0 Å². The van der Waals surface area contributed by atoms with E-state index in [4.69, 9.17) is 9.97 Å². The van der Waals surface area contributed by atoms with Crippen LogP contribution >= 0.6 is 11.3 Å². The van der Waals surface area contributed by atoms with E-state index in [1.807, 2.05) is 34.2 Å². The summed E-state index contributed by atoms with van der Waals surface area (Å²) in [5, 5.41) is 9.26. The van der Waals surface area contributed by atoms with Gasteiger partial charge in [0.15, 0.2) is 5.65 Å². The molecule has 27 heavy (non-hydrogen) atoms. The summed E-state index contributed by atoms with van der Waals surface area (Å²) in [5.74, 6) is 2.56. The Bertz CT molecular complexity index is 1160. The zero-order valence-corrected chi connectivity index (χ0v) is 15.8. The molecule has 4 aromatic heterocycles. The van der Waals surface area contributed by atoms with Gasteiger partial charge in [0, 0.05) is 23.1 Å². The van der Waals surface area contributed by atoms with Gasteiger partial charge in [-0.05, 0) is 50.2 Å². The zero-order valence-electron chi connectivity index (χ0n) is 15.0. The van der Waals surface area contributed by atoms with E-state index in [-0.39, 0.29) is 0 Å². The van der Waals surface area contributed by atoms with Crippen molar-refractivity contribution in [3.63, 3.8) is 0 Å². The number of hydrogen-bond donors (Lipinski definition) is 1. The standard InChI is InChI=1S/C20H20N6S/c1-2-4-15-14(3-1)17-19(24-18(12-5-6-12)25-20(17)27-15)22-11-13-7-9-21-16-8-10-23-26(13)16/h7-10,12H,1-6,11H2,(H,22,24,25). The molecule has 4 aromatic rings. The molecule has 0 aliphatic heterocycles. The number of hydrogen-bond acceptors (Lipinski definition) is 6. The molecule has 0 spiro atoms. The van der Waals surface area contributed by atoms with Crippen molar-refractivity contribution in [2.75, 3.05) is 5.32 Å². The number of thiophene rings is 1. The predicted molar refractivity (Wildman–Crippen MR) is 106 cm³/mol. The summed E-state index contributed by atoms with van der Waals surface area (Å²) in [5.41, 5.74) is 3.42. The van der Waals surface area contributed by atoms with Gasteiger partial charge in [-0.15, -0.1) is 11.3 Å². The highest BCUT2D eigenvalue weighted by atomic mass is 32.1. The van der Waals surface area contributed by atoms with Gasteiger partial charge in [-0.25, -0.2) is 19.5 Å². The number of nitrogens with one attached hydrogen (secondary N) is 1. The molecule has 0 bridgehead atoms. The zero-order chi connectivity index (χ0) is 17.8. The highest BCUT2D eigenvalue weighted by Gasteiger charge is 2.29. The molecular weight excluding hydrogens is 356 g/mol. The van der Waals surface area contributed by atoms with Crippen LogP contribution in [0.5, 0.6) is 0 Å². The summed E-state index contributed by atoms with van der Waals surface area (Å²) in [6, 6.07) is 3.93. The van der Waals surface area contributed by atoms with Crippen molar-refractivity contribution >= 4 is 33.0 Å². The third-order valence-electron chi connectivity index (χ3n) is 5.58. The average Bonchev–Trinajstić information content (AvgIpc) is 3.31. The van der Waals surface area contributed by atoms with Crippen LogP contribution in [0, 0.1) is 0 Å². The van der Waals surface area contributed by atoms with E-state index in [1.165, 1.54) is 52.8 Å². The Kier molecular flexibility index (Phi) is 3.44. The summed E-state index contributed by atoms with van der Waals surface area (Å²) in [7, 11) is 0. The number of anilines is 1. The van der Waals surface area contributed by atoms with Crippen LogP contribution in [-0.4, -0.2) is 24.6 Å². The van der Waals surface area contributed by atoms with Crippen LogP contribution in [0.25, 0.3) is 15.9 Å². The van der Waals surface area contributed by atoms with E-state index >= 15 is 0 Å². The number of aromatic nitrogens is 5. The second-order valence-corrected chi connectivity index (χ2v) is 8.57. The average molecular weight is 376 g/mol. The van der Waals surface area contributed by atoms with Crippen molar-refractivity contribution in [3.05, 3.63) is 46.5 Å². The monoisotopic (exact) mass is 376 g/mol. The molecule has 4 heterocycles. The van der Waals surface area contributed by atoms with Gasteiger partial charge >= 0.3 is 0 Å². The molecule has 1 N–H and O–H groups in total. The summed E-state index contributed by atoms with van der Waals surface area (Å²) in [6.45, 7) is 0.668. The van der Waals surface area contributed by atoms with E-state index in [0.29, 0.717) is 12.5 Å². The second-order valence-electron chi connectivity index (χ2n) is 7.49. The van der Waals surface area contributed by atoms with Crippen molar-refractivity contribution in [1.82, 2.24) is 24.6 Å². The Labute approximate surface area is 160 Å².